The Bertz CT molecular complexity index is 909. The number of likely N-dealkylation sites (N-methyl/N-ethyl adjacent to an activating group) is 1. The van der Waals surface area contributed by atoms with E-state index in [4.69, 9.17) is 11.6 Å². The van der Waals surface area contributed by atoms with Crippen molar-refractivity contribution >= 4 is 28.8 Å². The average molecular weight is 333 g/mol. The van der Waals surface area contributed by atoms with E-state index in [9.17, 15) is 9.59 Å². The van der Waals surface area contributed by atoms with Gasteiger partial charge in [0, 0.05) is 38.4 Å². The van der Waals surface area contributed by atoms with Crippen LogP contribution in [-0.4, -0.2) is 22.7 Å². The van der Waals surface area contributed by atoms with E-state index in [1.807, 2.05) is 30.2 Å². The topological polar surface area (TPSA) is 59.3 Å². The fourth-order valence-corrected chi connectivity index (χ4v) is 2.86. The Balaban J connectivity index is 2.15. The van der Waals surface area contributed by atoms with Gasteiger partial charge in [0.05, 0.1) is 5.70 Å². The molecule has 7 heteroatoms. The molecule has 0 spiro atoms. The highest BCUT2D eigenvalue weighted by Gasteiger charge is 2.24. The van der Waals surface area contributed by atoms with Gasteiger partial charge in [0.2, 0.25) is 0 Å². The van der Waals surface area contributed by atoms with Gasteiger partial charge in [0.25, 0.3) is 5.56 Å². The Labute approximate surface area is 138 Å². The van der Waals surface area contributed by atoms with Crippen molar-refractivity contribution in [3.05, 3.63) is 61.8 Å². The van der Waals surface area contributed by atoms with Crippen LogP contribution in [0.1, 0.15) is 5.56 Å². The SMILES string of the molecule is CN1CC=C(Nc2ccc(Cl)cc2)c2c1n(C)c(=O)n(C)c2=O. The molecule has 2 heterocycles. The molecule has 0 saturated heterocycles. The summed E-state index contributed by atoms with van der Waals surface area (Å²) >= 11 is 5.90. The maximum atomic E-state index is 12.6. The van der Waals surface area contributed by atoms with Gasteiger partial charge in [-0.1, -0.05) is 11.6 Å². The highest BCUT2D eigenvalue weighted by molar-refractivity contribution is 6.30. The van der Waals surface area contributed by atoms with Gasteiger partial charge in [-0.05, 0) is 30.3 Å². The lowest BCUT2D eigenvalue weighted by molar-refractivity contribution is 0.670. The highest BCUT2D eigenvalue weighted by atomic mass is 35.5. The third-order valence-corrected chi connectivity index (χ3v) is 4.21. The van der Waals surface area contributed by atoms with Crippen LogP contribution in [0.25, 0.3) is 5.70 Å². The van der Waals surface area contributed by atoms with Crippen LogP contribution in [-0.2, 0) is 14.1 Å². The molecule has 0 atom stereocenters. The molecule has 3 rings (SSSR count). The van der Waals surface area contributed by atoms with Crippen molar-refractivity contribution in [1.29, 1.82) is 0 Å². The van der Waals surface area contributed by atoms with Crippen molar-refractivity contribution in [2.45, 2.75) is 0 Å². The van der Waals surface area contributed by atoms with E-state index < -0.39 is 0 Å². The van der Waals surface area contributed by atoms with Gasteiger partial charge in [0.15, 0.2) is 0 Å². The molecule has 2 aromatic rings. The molecule has 0 saturated carbocycles. The van der Waals surface area contributed by atoms with E-state index in [2.05, 4.69) is 5.32 Å². The fourth-order valence-electron chi connectivity index (χ4n) is 2.74. The molecule has 0 unspecified atom stereocenters. The van der Waals surface area contributed by atoms with E-state index in [1.54, 1.807) is 19.2 Å². The van der Waals surface area contributed by atoms with E-state index in [0.29, 0.717) is 28.6 Å². The van der Waals surface area contributed by atoms with Gasteiger partial charge in [-0.2, -0.15) is 0 Å². The molecule has 0 aliphatic carbocycles. The van der Waals surface area contributed by atoms with Crippen LogP contribution in [0.3, 0.4) is 0 Å². The van der Waals surface area contributed by atoms with E-state index in [0.717, 1.165) is 10.3 Å². The second kappa shape index (κ2) is 5.62. The van der Waals surface area contributed by atoms with Crippen molar-refractivity contribution in [3.8, 4) is 0 Å². The molecule has 120 valence electrons. The van der Waals surface area contributed by atoms with Crippen LogP contribution in [0, 0.1) is 0 Å². The largest absolute Gasteiger partial charge is 0.356 e. The molecular weight excluding hydrogens is 316 g/mol. The Morgan fingerprint density at radius 2 is 1.70 bits per heavy atom. The van der Waals surface area contributed by atoms with Crippen molar-refractivity contribution in [1.82, 2.24) is 9.13 Å². The number of benzene rings is 1. The molecule has 1 aromatic carbocycles. The van der Waals surface area contributed by atoms with Gasteiger partial charge in [-0.15, -0.1) is 0 Å². The fraction of sp³-hybridized carbons (Fsp3) is 0.250. The zero-order chi connectivity index (χ0) is 16.7. The van der Waals surface area contributed by atoms with Gasteiger partial charge in [-0.25, -0.2) is 4.79 Å². The first-order valence-corrected chi connectivity index (χ1v) is 7.52. The number of hydrogen-bond donors (Lipinski definition) is 1. The summed E-state index contributed by atoms with van der Waals surface area (Å²) in [5.41, 5.74) is 1.35. The standard InChI is InChI=1S/C16H17ClN4O2/c1-19-9-8-12(18-11-6-4-10(17)5-7-11)13-14(19)20(2)16(23)21(3)15(13)22/h4-8,18H,9H2,1-3H3. The number of fused-ring (bicyclic) bond motifs is 1. The van der Waals surface area contributed by atoms with Crippen LogP contribution in [0.4, 0.5) is 11.5 Å². The number of aromatic nitrogens is 2. The monoisotopic (exact) mass is 332 g/mol. The van der Waals surface area contributed by atoms with Crippen molar-refractivity contribution < 1.29 is 0 Å². The number of hydrogen-bond acceptors (Lipinski definition) is 4. The maximum Gasteiger partial charge on any atom is 0.332 e. The predicted octanol–water partition coefficient (Wildman–Crippen LogP) is 1.64. The lowest BCUT2D eigenvalue weighted by Gasteiger charge is -2.29. The average Bonchev–Trinajstić information content (AvgIpc) is 2.54. The quantitative estimate of drug-likeness (QED) is 0.908. The number of anilines is 2. The second-order valence-electron chi connectivity index (χ2n) is 5.53. The van der Waals surface area contributed by atoms with Crippen molar-refractivity contribution in [2.75, 3.05) is 23.8 Å². The Kier molecular flexibility index (Phi) is 3.77. The number of halogens is 1. The summed E-state index contributed by atoms with van der Waals surface area (Å²) in [5.74, 6) is 0.608. The van der Waals surface area contributed by atoms with Gasteiger partial charge < -0.3 is 10.2 Å². The molecule has 0 fully saturated rings. The first-order valence-electron chi connectivity index (χ1n) is 7.14. The molecule has 0 amide bonds. The van der Waals surface area contributed by atoms with Gasteiger partial charge in [0.1, 0.15) is 11.4 Å². The number of nitrogens with zero attached hydrogens (tertiary/aromatic N) is 3. The normalized spacial score (nSPS) is 13.6. The molecule has 23 heavy (non-hydrogen) atoms. The number of nitrogens with one attached hydrogen (secondary N) is 1. The Morgan fingerprint density at radius 3 is 2.35 bits per heavy atom. The second-order valence-corrected chi connectivity index (χ2v) is 5.97. The lowest BCUT2D eigenvalue weighted by atomic mass is 10.1. The Morgan fingerprint density at radius 1 is 1.04 bits per heavy atom. The summed E-state index contributed by atoms with van der Waals surface area (Å²) in [6, 6.07) is 7.24. The first-order chi connectivity index (χ1) is 10.9. The smallest absolute Gasteiger partial charge is 0.332 e. The summed E-state index contributed by atoms with van der Waals surface area (Å²) in [5, 5.41) is 3.89. The molecule has 1 N–H and O–H groups in total. The zero-order valence-electron chi connectivity index (χ0n) is 13.1. The minimum atomic E-state index is -0.339. The summed E-state index contributed by atoms with van der Waals surface area (Å²) in [7, 11) is 5.01. The molecule has 1 aromatic heterocycles. The summed E-state index contributed by atoms with van der Waals surface area (Å²) in [4.78, 5) is 26.6. The van der Waals surface area contributed by atoms with Crippen LogP contribution >= 0.6 is 11.6 Å². The zero-order valence-corrected chi connectivity index (χ0v) is 13.9. The van der Waals surface area contributed by atoms with Gasteiger partial charge in [-0.3, -0.25) is 13.9 Å². The maximum absolute atomic E-state index is 12.6. The summed E-state index contributed by atoms with van der Waals surface area (Å²) in [6.45, 7) is 0.601. The van der Waals surface area contributed by atoms with Gasteiger partial charge >= 0.3 is 5.69 Å². The third kappa shape index (κ3) is 2.55. The van der Waals surface area contributed by atoms with Crippen LogP contribution < -0.4 is 21.5 Å². The van der Waals surface area contributed by atoms with Crippen LogP contribution in [0.2, 0.25) is 5.02 Å². The van der Waals surface area contributed by atoms with Crippen molar-refractivity contribution in [2.24, 2.45) is 14.1 Å². The Hall–Kier alpha value is -2.47. The molecule has 6 nitrogen and oxygen atoms in total. The molecule has 0 radical (unpaired) electrons. The molecule has 1 aliphatic rings. The lowest BCUT2D eigenvalue weighted by Crippen LogP contribution is -2.44. The van der Waals surface area contributed by atoms with E-state index in [-0.39, 0.29) is 11.2 Å². The van der Waals surface area contributed by atoms with E-state index in [1.165, 1.54) is 11.6 Å². The summed E-state index contributed by atoms with van der Waals surface area (Å²) in [6.07, 6.45) is 1.93. The van der Waals surface area contributed by atoms with Crippen LogP contribution in [0.15, 0.2) is 39.9 Å². The van der Waals surface area contributed by atoms with E-state index >= 15 is 0 Å². The minimum Gasteiger partial charge on any atom is -0.356 e. The minimum absolute atomic E-state index is 0.317. The predicted molar refractivity (Wildman–Crippen MR) is 93.2 cm³/mol. The molecule has 1 aliphatic heterocycles. The third-order valence-electron chi connectivity index (χ3n) is 3.96. The first kappa shape index (κ1) is 15.4. The van der Waals surface area contributed by atoms with Crippen molar-refractivity contribution in [3.63, 3.8) is 0 Å². The number of rotatable bonds is 2. The van der Waals surface area contributed by atoms with Crippen LogP contribution in [0.5, 0.6) is 0 Å². The summed E-state index contributed by atoms with van der Waals surface area (Å²) < 4.78 is 2.61. The highest BCUT2D eigenvalue weighted by Crippen LogP contribution is 2.27. The molecular formula is C16H17ClN4O2. The molecule has 0 bridgehead atoms.